The Balaban J connectivity index is 1.75. The summed E-state index contributed by atoms with van der Waals surface area (Å²) >= 11 is 0. The lowest BCUT2D eigenvalue weighted by molar-refractivity contribution is -0.136. The predicted octanol–water partition coefficient (Wildman–Crippen LogP) is 1.22. The van der Waals surface area contributed by atoms with Crippen molar-refractivity contribution in [2.45, 2.75) is 31.4 Å². The summed E-state index contributed by atoms with van der Waals surface area (Å²) in [6.07, 6.45) is 3.12. The number of para-hydroxylation sites is 1. The summed E-state index contributed by atoms with van der Waals surface area (Å²) in [6, 6.07) is 8.07. The summed E-state index contributed by atoms with van der Waals surface area (Å²) < 4.78 is 11.8. The van der Waals surface area contributed by atoms with Crippen LogP contribution in [-0.4, -0.2) is 56.3 Å². The molecule has 3 rings (SSSR count). The molecular weight excluding hydrogens is 280 g/mol. The zero-order valence-electron chi connectivity index (χ0n) is 13.1. The molecule has 1 fully saturated rings. The Bertz CT molecular complexity index is 520. The van der Waals surface area contributed by atoms with Crippen LogP contribution >= 0.6 is 0 Å². The zero-order chi connectivity index (χ0) is 15.4. The lowest BCUT2D eigenvalue weighted by Crippen LogP contribution is -2.47. The van der Waals surface area contributed by atoms with E-state index in [9.17, 15) is 4.79 Å². The van der Waals surface area contributed by atoms with Gasteiger partial charge in [0.05, 0.1) is 12.1 Å². The van der Waals surface area contributed by atoms with E-state index in [1.54, 1.807) is 4.90 Å². The highest BCUT2D eigenvalue weighted by Gasteiger charge is 2.33. The molecule has 0 radical (unpaired) electrons. The molecule has 0 bridgehead atoms. The summed E-state index contributed by atoms with van der Waals surface area (Å²) in [4.78, 5) is 14.2. The van der Waals surface area contributed by atoms with E-state index in [0.717, 1.165) is 44.7 Å². The minimum Gasteiger partial charge on any atom is -0.483 e. The second-order valence-electron chi connectivity index (χ2n) is 5.99. The molecule has 120 valence electrons. The fourth-order valence-electron chi connectivity index (χ4n) is 3.13. The molecular formula is C17H24N2O3. The Kier molecular flexibility index (Phi) is 4.95. The van der Waals surface area contributed by atoms with Gasteiger partial charge in [0.1, 0.15) is 5.75 Å². The lowest BCUT2D eigenvalue weighted by Gasteiger charge is -2.28. The Morgan fingerprint density at radius 1 is 1.23 bits per heavy atom. The van der Waals surface area contributed by atoms with Crippen molar-refractivity contribution in [3.63, 3.8) is 0 Å². The number of carbonyl (C=O) groups excluding carboxylic acids is 1. The van der Waals surface area contributed by atoms with Gasteiger partial charge in [-0.2, -0.15) is 0 Å². The van der Waals surface area contributed by atoms with Crippen molar-refractivity contribution in [2.75, 3.05) is 33.4 Å². The molecule has 5 nitrogen and oxygen atoms in total. The second-order valence-corrected chi connectivity index (χ2v) is 5.99. The Labute approximate surface area is 131 Å². The van der Waals surface area contributed by atoms with E-state index in [-0.39, 0.29) is 24.7 Å². The first-order valence-electron chi connectivity index (χ1n) is 8.04. The second kappa shape index (κ2) is 7.11. The van der Waals surface area contributed by atoms with Gasteiger partial charge in [0, 0.05) is 26.7 Å². The van der Waals surface area contributed by atoms with Gasteiger partial charge in [-0.05, 0) is 30.9 Å². The maximum Gasteiger partial charge on any atom is 0.260 e. The van der Waals surface area contributed by atoms with Crippen LogP contribution in [0.3, 0.4) is 0 Å². The molecule has 1 N–H and O–H groups in total. The highest BCUT2D eigenvalue weighted by molar-refractivity contribution is 5.78. The standard InChI is InChI=1S/C17H24N2O3/c1-19-14-10-18-11-16(14)21-9-5-4-7-13-6-2-3-8-15(13)22-12-17(19)20/h2-3,6,8,14,16,18H,4-5,7,9-12H2,1H3/t14-,16-/m0/s1. The van der Waals surface area contributed by atoms with Crippen molar-refractivity contribution in [1.29, 1.82) is 0 Å². The molecule has 1 aromatic carbocycles. The summed E-state index contributed by atoms with van der Waals surface area (Å²) in [6.45, 7) is 2.41. The molecule has 1 aromatic rings. The van der Waals surface area contributed by atoms with Crippen LogP contribution in [-0.2, 0) is 16.0 Å². The molecule has 0 aromatic heterocycles. The summed E-state index contributed by atoms with van der Waals surface area (Å²) in [5.41, 5.74) is 1.17. The van der Waals surface area contributed by atoms with E-state index < -0.39 is 0 Å². The number of likely N-dealkylation sites (N-methyl/N-ethyl adjacent to an activating group) is 1. The van der Waals surface area contributed by atoms with E-state index in [1.807, 2.05) is 25.2 Å². The van der Waals surface area contributed by atoms with E-state index in [4.69, 9.17) is 9.47 Å². The van der Waals surface area contributed by atoms with Gasteiger partial charge in [-0.1, -0.05) is 18.2 Å². The van der Waals surface area contributed by atoms with Crippen LogP contribution in [0, 0.1) is 0 Å². The summed E-state index contributed by atoms with van der Waals surface area (Å²) in [5.74, 6) is 0.821. The van der Waals surface area contributed by atoms with Crippen molar-refractivity contribution in [1.82, 2.24) is 10.2 Å². The van der Waals surface area contributed by atoms with Crippen molar-refractivity contribution < 1.29 is 14.3 Å². The van der Waals surface area contributed by atoms with Gasteiger partial charge in [0.2, 0.25) is 0 Å². The Morgan fingerprint density at radius 2 is 2.09 bits per heavy atom. The zero-order valence-corrected chi connectivity index (χ0v) is 13.1. The molecule has 2 heterocycles. The fourth-order valence-corrected chi connectivity index (χ4v) is 3.13. The average molecular weight is 304 g/mol. The number of amides is 1. The molecule has 0 unspecified atom stereocenters. The third kappa shape index (κ3) is 3.42. The summed E-state index contributed by atoms with van der Waals surface area (Å²) in [5, 5.41) is 3.31. The number of carbonyl (C=O) groups is 1. The van der Waals surface area contributed by atoms with Crippen LogP contribution in [0.25, 0.3) is 0 Å². The van der Waals surface area contributed by atoms with E-state index in [1.165, 1.54) is 5.56 Å². The highest BCUT2D eigenvalue weighted by Crippen LogP contribution is 2.21. The van der Waals surface area contributed by atoms with Gasteiger partial charge in [-0.3, -0.25) is 4.79 Å². The van der Waals surface area contributed by atoms with Gasteiger partial charge in [0.25, 0.3) is 5.91 Å². The number of hydrogen-bond acceptors (Lipinski definition) is 4. The van der Waals surface area contributed by atoms with E-state index in [2.05, 4.69) is 11.4 Å². The number of ether oxygens (including phenoxy) is 2. The smallest absolute Gasteiger partial charge is 0.260 e. The van der Waals surface area contributed by atoms with Crippen molar-refractivity contribution in [3.05, 3.63) is 29.8 Å². The minimum absolute atomic E-state index is 0.00338. The molecule has 2 aliphatic rings. The van der Waals surface area contributed by atoms with Crippen molar-refractivity contribution in [3.8, 4) is 5.75 Å². The molecule has 5 heteroatoms. The third-order valence-electron chi connectivity index (χ3n) is 4.52. The molecule has 2 atom stereocenters. The third-order valence-corrected chi connectivity index (χ3v) is 4.52. The SMILES string of the molecule is CN1C(=O)COc2ccccc2CCCCO[C@H]2CNC[C@@H]21. The molecule has 22 heavy (non-hydrogen) atoms. The predicted molar refractivity (Wildman–Crippen MR) is 84.0 cm³/mol. The van der Waals surface area contributed by atoms with Crippen LogP contribution in [0.4, 0.5) is 0 Å². The average Bonchev–Trinajstić information content (AvgIpc) is 3.00. The number of rotatable bonds is 0. The molecule has 0 saturated carbocycles. The van der Waals surface area contributed by atoms with Gasteiger partial charge in [0.15, 0.2) is 6.61 Å². The minimum atomic E-state index is -0.00338. The first-order chi connectivity index (χ1) is 10.8. The largest absolute Gasteiger partial charge is 0.483 e. The monoisotopic (exact) mass is 304 g/mol. The van der Waals surface area contributed by atoms with Crippen LogP contribution in [0.1, 0.15) is 18.4 Å². The number of nitrogens with zero attached hydrogens (tertiary/aromatic N) is 1. The normalized spacial score (nSPS) is 27.0. The molecule has 0 aliphatic carbocycles. The van der Waals surface area contributed by atoms with Crippen LogP contribution in [0.5, 0.6) is 5.75 Å². The van der Waals surface area contributed by atoms with Gasteiger partial charge in [-0.15, -0.1) is 0 Å². The topological polar surface area (TPSA) is 50.8 Å². The number of benzene rings is 1. The first kappa shape index (κ1) is 15.3. The van der Waals surface area contributed by atoms with Gasteiger partial charge < -0.3 is 19.7 Å². The fraction of sp³-hybridized carbons (Fsp3) is 0.588. The quantitative estimate of drug-likeness (QED) is 0.783. The van der Waals surface area contributed by atoms with E-state index in [0.29, 0.717) is 0 Å². The van der Waals surface area contributed by atoms with Gasteiger partial charge >= 0.3 is 0 Å². The molecule has 1 saturated heterocycles. The van der Waals surface area contributed by atoms with E-state index >= 15 is 0 Å². The lowest BCUT2D eigenvalue weighted by atomic mass is 10.1. The molecule has 1 amide bonds. The van der Waals surface area contributed by atoms with Crippen LogP contribution in [0.2, 0.25) is 0 Å². The Hall–Kier alpha value is -1.59. The first-order valence-corrected chi connectivity index (χ1v) is 8.04. The maximum absolute atomic E-state index is 12.4. The van der Waals surface area contributed by atoms with Crippen LogP contribution in [0.15, 0.2) is 24.3 Å². The number of nitrogens with one attached hydrogen (secondary N) is 1. The van der Waals surface area contributed by atoms with Crippen LogP contribution < -0.4 is 10.1 Å². The Morgan fingerprint density at radius 3 is 3.00 bits per heavy atom. The maximum atomic E-state index is 12.4. The highest BCUT2D eigenvalue weighted by atomic mass is 16.5. The number of fused-ring (bicyclic) bond motifs is 2. The summed E-state index contributed by atoms with van der Waals surface area (Å²) in [7, 11) is 1.84. The number of aryl methyl sites for hydroxylation is 1. The molecule has 0 spiro atoms. The van der Waals surface area contributed by atoms with Gasteiger partial charge in [-0.25, -0.2) is 0 Å². The van der Waals surface area contributed by atoms with Crippen molar-refractivity contribution >= 4 is 5.91 Å². The molecule has 2 aliphatic heterocycles. The van der Waals surface area contributed by atoms with Crippen molar-refractivity contribution in [2.24, 2.45) is 0 Å². The number of hydrogen-bond donors (Lipinski definition) is 1.